The zero-order chi connectivity index (χ0) is 13.3. The van der Waals surface area contributed by atoms with Crippen LogP contribution in [0, 0.1) is 6.92 Å². The van der Waals surface area contributed by atoms with Gasteiger partial charge in [-0.1, -0.05) is 46.1 Å². The van der Waals surface area contributed by atoms with E-state index < -0.39 is 5.91 Å². The number of aryl methyl sites for hydroxylation is 1. The molecule has 1 heterocycles. The number of hydrogen-bond donors (Lipinski definition) is 1. The first-order valence-corrected chi connectivity index (χ1v) is 6.69. The second-order valence-corrected chi connectivity index (χ2v) is 5.67. The fourth-order valence-corrected chi connectivity index (χ4v) is 2.53. The van der Waals surface area contributed by atoms with Crippen molar-refractivity contribution in [2.24, 2.45) is 0 Å². The summed E-state index contributed by atoms with van der Waals surface area (Å²) in [6.45, 7) is 1.78. The molecule has 0 aliphatic carbocycles. The van der Waals surface area contributed by atoms with Crippen molar-refractivity contribution in [2.75, 3.05) is 5.32 Å². The minimum atomic E-state index is -0.469. The van der Waals surface area contributed by atoms with Gasteiger partial charge in [-0.2, -0.15) is 0 Å². The van der Waals surface area contributed by atoms with E-state index in [0.717, 1.165) is 5.01 Å². The average Bonchev–Trinajstić information content (AvgIpc) is 2.70. The molecule has 0 aliphatic rings. The maximum absolute atomic E-state index is 12.0. The molecule has 0 bridgehead atoms. The molecule has 1 aromatic heterocycles. The molecule has 0 radical (unpaired) electrons. The molecule has 2 aromatic rings. The molecule has 0 saturated heterocycles. The van der Waals surface area contributed by atoms with Crippen molar-refractivity contribution >= 4 is 57.2 Å². The molecule has 8 heteroatoms. The Morgan fingerprint density at radius 2 is 1.89 bits per heavy atom. The van der Waals surface area contributed by atoms with Gasteiger partial charge in [0.1, 0.15) is 5.01 Å². The number of carbonyl (C=O) groups is 1. The molecule has 0 saturated carbocycles. The zero-order valence-electron chi connectivity index (χ0n) is 9.00. The lowest BCUT2D eigenvalue weighted by molar-refractivity contribution is 0.102. The van der Waals surface area contributed by atoms with Gasteiger partial charge in [0.05, 0.1) is 20.6 Å². The number of hydrogen-bond acceptors (Lipinski definition) is 4. The number of carbonyl (C=O) groups excluding carboxylic acids is 1. The predicted molar refractivity (Wildman–Crippen MR) is 74.1 cm³/mol. The molecule has 1 aromatic carbocycles. The summed E-state index contributed by atoms with van der Waals surface area (Å²) < 4.78 is 0. The van der Waals surface area contributed by atoms with E-state index in [0.29, 0.717) is 5.13 Å². The molecule has 18 heavy (non-hydrogen) atoms. The Hall–Kier alpha value is -0.880. The lowest BCUT2D eigenvalue weighted by Gasteiger charge is -2.07. The molecule has 1 N–H and O–H groups in total. The highest BCUT2D eigenvalue weighted by Crippen LogP contribution is 2.32. The van der Waals surface area contributed by atoms with Crippen LogP contribution in [0.25, 0.3) is 0 Å². The summed E-state index contributed by atoms with van der Waals surface area (Å²) in [6.07, 6.45) is 0. The first-order valence-electron chi connectivity index (χ1n) is 4.74. The van der Waals surface area contributed by atoms with E-state index in [1.807, 2.05) is 0 Å². The van der Waals surface area contributed by atoms with Crippen LogP contribution < -0.4 is 5.32 Å². The van der Waals surface area contributed by atoms with Crippen LogP contribution >= 0.6 is 46.1 Å². The fourth-order valence-electron chi connectivity index (χ4n) is 1.24. The minimum Gasteiger partial charge on any atom is -0.296 e. The van der Waals surface area contributed by atoms with Gasteiger partial charge in [-0.05, 0) is 19.1 Å². The highest BCUT2D eigenvalue weighted by Gasteiger charge is 2.18. The van der Waals surface area contributed by atoms with E-state index in [9.17, 15) is 4.79 Å². The Balaban J connectivity index is 2.32. The molecule has 4 nitrogen and oxygen atoms in total. The van der Waals surface area contributed by atoms with Crippen molar-refractivity contribution in [1.29, 1.82) is 0 Å². The molecule has 0 spiro atoms. The summed E-state index contributed by atoms with van der Waals surface area (Å²) in [4.78, 5) is 12.0. The normalized spacial score (nSPS) is 10.4. The van der Waals surface area contributed by atoms with Gasteiger partial charge in [-0.3, -0.25) is 10.1 Å². The minimum absolute atomic E-state index is 0.114. The van der Waals surface area contributed by atoms with Crippen molar-refractivity contribution in [3.63, 3.8) is 0 Å². The fraction of sp³-hybridized carbons (Fsp3) is 0.100. The largest absolute Gasteiger partial charge is 0.296 e. The van der Waals surface area contributed by atoms with Gasteiger partial charge in [-0.15, -0.1) is 10.2 Å². The number of rotatable bonds is 2. The average molecular weight is 323 g/mol. The quantitative estimate of drug-likeness (QED) is 0.848. The Bertz CT molecular complexity index is 614. The van der Waals surface area contributed by atoms with E-state index in [1.54, 1.807) is 6.92 Å². The molecular formula is C10H6Cl3N3OS. The molecule has 0 atom stereocenters. The Labute approximate surface area is 122 Å². The van der Waals surface area contributed by atoms with E-state index in [-0.39, 0.29) is 20.6 Å². The smallest absolute Gasteiger partial charge is 0.260 e. The number of anilines is 1. The molecule has 0 aliphatic heterocycles. The van der Waals surface area contributed by atoms with Gasteiger partial charge < -0.3 is 0 Å². The summed E-state index contributed by atoms with van der Waals surface area (Å²) in [5.41, 5.74) is 0.124. The van der Waals surface area contributed by atoms with Crippen LogP contribution in [0.3, 0.4) is 0 Å². The third-order valence-corrected chi connectivity index (χ3v) is 3.89. The standard InChI is InChI=1S/C10H6Cl3N3OS/c1-4-15-16-10(18-4)14-9(17)7-5(11)2-3-6(12)8(7)13/h2-3H,1H3,(H,14,16,17). The lowest BCUT2D eigenvalue weighted by Crippen LogP contribution is -2.13. The van der Waals surface area contributed by atoms with Gasteiger partial charge in [0.25, 0.3) is 5.91 Å². The monoisotopic (exact) mass is 321 g/mol. The number of nitrogens with zero attached hydrogens (tertiary/aromatic N) is 2. The predicted octanol–water partition coefficient (Wildman–Crippen LogP) is 4.06. The summed E-state index contributed by atoms with van der Waals surface area (Å²) >= 11 is 19.0. The highest BCUT2D eigenvalue weighted by molar-refractivity contribution is 7.15. The van der Waals surface area contributed by atoms with Crippen LogP contribution in [0.15, 0.2) is 12.1 Å². The van der Waals surface area contributed by atoms with Crippen molar-refractivity contribution in [2.45, 2.75) is 6.92 Å². The van der Waals surface area contributed by atoms with Gasteiger partial charge in [-0.25, -0.2) is 0 Å². The van der Waals surface area contributed by atoms with Crippen molar-refractivity contribution < 1.29 is 4.79 Å². The Kier molecular flexibility index (Phi) is 4.07. The van der Waals surface area contributed by atoms with E-state index >= 15 is 0 Å². The highest BCUT2D eigenvalue weighted by atomic mass is 35.5. The Morgan fingerprint density at radius 1 is 1.22 bits per heavy atom. The van der Waals surface area contributed by atoms with Crippen molar-refractivity contribution in [3.05, 3.63) is 37.8 Å². The molecule has 94 valence electrons. The molecule has 0 unspecified atom stereocenters. The molecule has 2 rings (SSSR count). The van der Waals surface area contributed by atoms with Gasteiger partial charge >= 0.3 is 0 Å². The first-order chi connectivity index (χ1) is 8.49. The van der Waals surface area contributed by atoms with Crippen LogP contribution in [0.1, 0.15) is 15.4 Å². The maximum Gasteiger partial charge on any atom is 0.260 e. The van der Waals surface area contributed by atoms with Crippen LogP contribution in [0.2, 0.25) is 15.1 Å². The summed E-state index contributed by atoms with van der Waals surface area (Å²) in [7, 11) is 0. The van der Waals surface area contributed by atoms with E-state index in [1.165, 1.54) is 23.5 Å². The topological polar surface area (TPSA) is 54.9 Å². The third-order valence-electron chi connectivity index (χ3n) is 2.02. The van der Waals surface area contributed by atoms with Gasteiger partial charge in [0, 0.05) is 0 Å². The number of nitrogens with one attached hydrogen (secondary N) is 1. The van der Waals surface area contributed by atoms with E-state index in [4.69, 9.17) is 34.8 Å². The van der Waals surface area contributed by atoms with Crippen LogP contribution in [-0.2, 0) is 0 Å². The number of benzene rings is 1. The maximum atomic E-state index is 12.0. The van der Waals surface area contributed by atoms with Crippen molar-refractivity contribution in [3.8, 4) is 0 Å². The molecule has 0 fully saturated rings. The van der Waals surface area contributed by atoms with Gasteiger partial charge in [0.2, 0.25) is 5.13 Å². The van der Waals surface area contributed by atoms with E-state index in [2.05, 4.69) is 15.5 Å². The lowest BCUT2D eigenvalue weighted by atomic mass is 10.2. The summed E-state index contributed by atoms with van der Waals surface area (Å²) in [5.74, 6) is -0.469. The zero-order valence-corrected chi connectivity index (χ0v) is 12.1. The van der Waals surface area contributed by atoms with Crippen LogP contribution in [-0.4, -0.2) is 16.1 Å². The molecule has 1 amide bonds. The second-order valence-electron chi connectivity index (χ2n) is 3.30. The second kappa shape index (κ2) is 5.40. The number of amides is 1. The summed E-state index contributed by atoms with van der Waals surface area (Å²) in [6, 6.07) is 3.04. The molecular weight excluding hydrogens is 317 g/mol. The Morgan fingerprint density at radius 3 is 2.50 bits per heavy atom. The van der Waals surface area contributed by atoms with Crippen LogP contribution in [0.5, 0.6) is 0 Å². The SMILES string of the molecule is Cc1nnc(NC(=O)c2c(Cl)ccc(Cl)c2Cl)s1. The van der Waals surface area contributed by atoms with Crippen molar-refractivity contribution in [1.82, 2.24) is 10.2 Å². The van der Waals surface area contributed by atoms with Gasteiger partial charge in [0.15, 0.2) is 0 Å². The third kappa shape index (κ3) is 2.75. The first kappa shape index (κ1) is 13.5. The number of halogens is 3. The number of aromatic nitrogens is 2. The van der Waals surface area contributed by atoms with Crippen LogP contribution in [0.4, 0.5) is 5.13 Å². The summed E-state index contributed by atoms with van der Waals surface area (Å²) in [5, 5.41) is 11.9.